The van der Waals surface area contributed by atoms with Crippen LogP contribution in [0.25, 0.3) is 0 Å². The summed E-state index contributed by atoms with van der Waals surface area (Å²) in [6, 6.07) is 16.3. The molecule has 0 aliphatic heterocycles. The number of carboxylic acid groups (broad SMARTS) is 1. The summed E-state index contributed by atoms with van der Waals surface area (Å²) >= 11 is 0. The molecule has 0 aliphatic rings. The van der Waals surface area contributed by atoms with Crippen LogP contribution in [0.2, 0.25) is 0 Å². The van der Waals surface area contributed by atoms with Gasteiger partial charge in [-0.05, 0) is 30.7 Å². The monoisotopic (exact) mass is 283 g/mol. The Morgan fingerprint density at radius 3 is 2.24 bits per heavy atom. The normalized spacial score (nSPS) is 10.8. The number of nitrogens with zero attached hydrogens (tertiary/aromatic N) is 1. The van der Waals surface area contributed by atoms with Crippen LogP contribution in [0, 0.1) is 6.92 Å². The molecule has 0 unspecified atom stereocenters. The van der Waals surface area contributed by atoms with E-state index in [9.17, 15) is 4.79 Å². The molecule has 2 aromatic rings. The molecule has 0 aliphatic carbocycles. The third kappa shape index (κ3) is 5.04. The molecule has 2 aromatic carbocycles. The number of aryl methyl sites for hydroxylation is 1. The van der Waals surface area contributed by atoms with E-state index in [1.807, 2.05) is 24.3 Å². The van der Waals surface area contributed by atoms with Gasteiger partial charge in [0.1, 0.15) is 0 Å². The lowest BCUT2D eigenvalue weighted by Crippen LogP contribution is -2.17. The van der Waals surface area contributed by atoms with Gasteiger partial charge in [-0.25, -0.2) is 0 Å². The predicted molar refractivity (Wildman–Crippen MR) is 84.1 cm³/mol. The van der Waals surface area contributed by atoms with Gasteiger partial charge in [0, 0.05) is 13.1 Å². The van der Waals surface area contributed by atoms with E-state index in [2.05, 4.69) is 43.1 Å². The largest absolute Gasteiger partial charge is 0.481 e. The van der Waals surface area contributed by atoms with E-state index < -0.39 is 5.97 Å². The Kier molecular flexibility index (Phi) is 5.12. The number of hydrogen-bond acceptors (Lipinski definition) is 2. The highest BCUT2D eigenvalue weighted by atomic mass is 16.4. The quantitative estimate of drug-likeness (QED) is 0.884. The zero-order chi connectivity index (χ0) is 15.2. The fraction of sp³-hybridized carbons (Fsp3) is 0.278. The molecule has 0 aromatic heterocycles. The Balaban J connectivity index is 1.93. The van der Waals surface area contributed by atoms with Crippen molar-refractivity contribution in [1.29, 1.82) is 0 Å². The molecule has 1 N–H and O–H groups in total. The van der Waals surface area contributed by atoms with Crippen LogP contribution in [0.15, 0.2) is 48.5 Å². The van der Waals surface area contributed by atoms with Crippen LogP contribution >= 0.6 is 0 Å². The number of benzene rings is 2. The van der Waals surface area contributed by atoms with Crippen molar-refractivity contribution in [2.75, 3.05) is 7.05 Å². The molecule has 3 heteroatoms. The van der Waals surface area contributed by atoms with Gasteiger partial charge in [-0.3, -0.25) is 9.69 Å². The van der Waals surface area contributed by atoms with Crippen molar-refractivity contribution < 1.29 is 9.90 Å². The second-order valence-electron chi connectivity index (χ2n) is 5.55. The summed E-state index contributed by atoms with van der Waals surface area (Å²) < 4.78 is 0. The first kappa shape index (κ1) is 15.3. The SMILES string of the molecule is Cc1cccc(CN(C)Cc2ccc(CC(=O)O)cc2)c1. The minimum Gasteiger partial charge on any atom is -0.481 e. The van der Waals surface area contributed by atoms with Crippen molar-refractivity contribution in [3.8, 4) is 0 Å². The van der Waals surface area contributed by atoms with Crippen LogP contribution in [0.5, 0.6) is 0 Å². The Labute approximate surface area is 125 Å². The van der Waals surface area contributed by atoms with E-state index >= 15 is 0 Å². The lowest BCUT2D eigenvalue weighted by atomic mass is 10.1. The molecule has 21 heavy (non-hydrogen) atoms. The molecule has 0 atom stereocenters. The fourth-order valence-electron chi connectivity index (χ4n) is 2.43. The maximum absolute atomic E-state index is 10.7. The fourth-order valence-corrected chi connectivity index (χ4v) is 2.43. The molecule has 2 rings (SSSR count). The third-order valence-corrected chi connectivity index (χ3v) is 3.37. The van der Waals surface area contributed by atoms with E-state index in [-0.39, 0.29) is 6.42 Å². The lowest BCUT2D eigenvalue weighted by Gasteiger charge is -2.17. The Morgan fingerprint density at radius 1 is 1.00 bits per heavy atom. The second kappa shape index (κ2) is 7.04. The van der Waals surface area contributed by atoms with Gasteiger partial charge in [0.2, 0.25) is 0 Å². The van der Waals surface area contributed by atoms with Crippen LogP contribution in [0.1, 0.15) is 22.3 Å². The molecule has 110 valence electrons. The number of carbonyl (C=O) groups is 1. The molecule has 0 spiro atoms. The highest BCUT2D eigenvalue weighted by Crippen LogP contribution is 2.11. The van der Waals surface area contributed by atoms with Crippen LogP contribution in [0.4, 0.5) is 0 Å². The topological polar surface area (TPSA) is 40.5 Å². The number of aliphatic carboxylic acids is 1. The molecule has 3 nitrogen and oxygen atoms in total. The zero-order valence-electron chi connectivity index (χ0n) is 12.5. The van der Waals surface area contributed by atoms with Gasteiger partial charge in [0.25, 0.3) is 0 Å². The number of hydrogen-bond donors (Lipinski definition) is 1. The minimum absolute atomic E-state index is 0.0827. The van der Waals surface area contributed by atoms with Crippen molar-refractivity contribution in [3.63, 3.8) is 0 Å². The lowest BCUT2D eigenvalue weighted by molar-refractivity contribution is -0.136. The first-order valence-corrected chi connectivity index (χ1v) is 7.06. The van der Waals surface area contributed by atoms with E-state index in [1.165, 1.54) is 16.7 Å². The molecule has 0 fully saturated rings. The summed E-state index contributed by atoms with van der Waals surface area (Å²) in [6.45, 7) is 3.85. The van der Waals surface area contributed by atoms with Crippen LogP contribution in [-0.2, 0) is 24.3 Å². The molecule has 0 radical (unpaired) electrons. The standard InChI is InChI=1S/C18H21NO2/c1-14-4-3-5-17(10-14)13-19(2)12-16-8-6-15(7-9-16)11-18(20)21/h3-10H,11-13H2,1-2H3,(H,20,21). The first-order chi connectivity index (χ1) is 10.0. The smallest absolute Gasteiger partial charge is 0.307 e. The number of rotatable bonds is 6. The van der Waals surface area contributed by atoms with Gasteiger partial charge in [-0.15, -0.1) is 0 Å². The van der Waals surface area contributed by atoms with Gasteiger partial charge in [-0.2, -0.15) is 0 Å². The average molecular weight is 283 g/mol. The van der Waals surface area contributed by atoms with Crippen molar-refractivity contribution >= 4 is 5.97 Å². The van der Waals surface area contributed by atoms with Gasteiger partial charge in [0.05, 0.1) is 6.42 Å². The van der Waals surface area contributed by atoms with E-state index in [0.717, 1.165) is 18.7 Å². The van der Waals surface area contributed by atoms with E-state index in [1.54, 1.807) is 0 Å². The van der Waals surface area contributed by atoms with E-state index in [0.29, 0.717) is 0 Å². The van der Waals surface area contributed by atoms with Gasteiger partial charge >= 0.3 is 5.97 Å². The van der Waals surface area contributed by atoms with Crippen molar-refractivity contribution in [2.24, 2.45) is 0 Å². The summed E-state index contributed by atoms with van der Waals surface area (Å²) in [5, 5.41) is 8.76. The Hall–Kier alpha value is -2.13. The Morgan fingerprint density at radius 2 is 1.62 bits per heavy atom. The van der Waals surface area contributed by atoms with Crippen molar-refractivity contribution in [2.45, 2.75) is 26.4 Å². The summed E-state index contributed by atoms with van der Waals surface area (Å²) in [4.78, 5) is 12.9. The molecule has 0 saturated heterocycles. The second-order valence-corrected chi connectivity index (χ2v) is 5.55. The van der Waals surface area contributed by atoms with E-state index in [4.69, 9.17) is 5.11 Å². The van der Waals surface area contributed by atoms with Crippen LogP contribution in [-0.4, -0.2) is 23.0 Å². The van der Waals surface area contributed by atoms with Gasteiger partial charge in [0.15, 0.2) is 0 Å². The third-order valence-electron chi connectivity index (χ3n) is 3.37. The maximum Gasteiger partial charge on any atom is 0.307 e. The maximum atomic E-state index is 10.7. The van der Waals surface area contributed by atoms with Crippen molar-refractivity contribution in [3.05, 3.63) is 70.8 Å². The summed E-state index contributed by atoms with van der Waals surface area (Å²) in [5.41, 5.74) is 4.62. The van der Waals surface area contributed by atoms with Crippen LogP contribution in [0.3, 0.4) is 0 Å². The van der Waals surface area contributed by atoms with Gasteiger partial charge in [-0.1, -0.05) is 54.1 Å². The molecular weight excluding hydrogens is 262 g/mol. The molecule has 0 saturated carbocycles. The highest BCUT2D eigenvalue weighted by molar-refractivity contribution is 5.70. The first-order valence-electron chi connectivity index (χ1n) is 7.06. The minimum atomic E-state index is -0.792. The highest BCUT2D eigenvalue weighted by Gasteiger charge is 2.04. The molecule has 0 heterocycles. The molecule has 0 bridgehead atoms. The number of carboxylic acids is 1. The summed E-state index contributed by atoms with van der Waals surface area (Å²) in [7, 11) is 2.09. The van der Waals surface area contributed by atoms with Crippen molar-refractivity contribution in [1.82, 2.24) is 4.90 Å². The molecular formula is C18H21NO2. The van der Waals surface area contributed by atoms with Crippen LogP contribution < -0.4 is 0 Å². The zero-order valence-corrected chi connectivity index (χ0v) is 12.5. The predicted octanol–water partition coefficient (Wildman–Crippen LogP) is 3.25. The summed E-state index contributed by atoms with van der Waals surface area (Å²) in [6.07, 6.45) is 0.0827. The Bertz CT molecular complexity index is 605. The van der Waals surface area contributed by atoms with Gasteiger partial charge < -0.3 is 5.11 Å². The summed E-state index contributed by atoms with van der Waals surface area (Å²) in [5.74, 6) is -0.792. The molecule has 0 amide bonds. The average Bonchev–Trinajstić information content (AvgIpc) is 2.40.